The van der Waals surface area contributed by atoms with Crippen LogP contribution in [-0.2, 0) is 13.0 Å². The third-order valence-electron chi connectivity index (χ3n) is 2.05. The number of hydrogen-bond donors (Lipinski definition) is 1. The monoisotopic (exact) mass is 261 g/mol. The van der Waals surface area contributed by atoms with Crippen molar-refractivity contribution < 1.29 is 22.6 Å². The molecular weight excluding hydrogens is 251 g/mol. The quantitative estimate of drug-likeness (QED) is 0.888. The van der Waals surface area contributed by atoms with Crippen molar-refractivity contribution in [2.45, 2.75) is 19.3 Å². The molecule has 8 heteroatoms. The van der Waals surface area contributed by atoms with Gasteiger partial charge in [-0.2, -0.15) is 10.2 Å². The number of methoxy groups -OCH3 is 1. The van der Waals surface area contributed by atoms with E-state index in [9.17, 15) is 13.2 Å². The number of rotatable bonds is 4. The molecule has 98 valence electrons. The van der Waals surface area contributed by atoms with E-state index >= 15 is 0 Å². The molecule has 0 aromatic carbocycles. The molecule has 2 N–H and O–H groups in total. The van der Waals surface area contributed by atoms with E-state index in [1.165, 1.54) is 13.2 Å². The number of hydrogen-bond acceptors (Lipinski definition) is 5. The minimum atomic E-state index is -4.89. The van der Waals surface area contributed by atoms with Gasteiger partial charge in [-0.1, -0.05) is 0 Å². The number of nitrogens with two attached hydrogens (primary N) is 1. The van der Waals surface area contributed by atoms with Crippen molar-refractivity contribution in [1.29, 1.82) is 5.26 Å². The van der Waals surface area contributed by atoms with Crippen LogP contribution in [-0.4, -0.2) is 18.5 Å². The Bertz CT molecular complexity index is 469. The highest BCUT2D eigenvalue weighted by Crippen LogP contribution is 2.29. The lowest BCUT2D eigenvalue weighted by Gasteiger charge is -2.14. The number of aromatic nitrogens is 1. The molecule has 0 saturated carbocycles. The second-order valence-electron chi connectivity index (χ2n) is 3.19. The summed E-state index contributed by atoms with van der Waals surface area (Å²) in [5.74, 6) is -0.764. The van der Waals surface area contributed by atoms with Gasteiger partial charge in [0.1, 0.15) is 0 Å². The SMILES string of the molecule is COc1cc(CN)c(CC#N)c(OC(F)(F)F)n1. The molecule has 5 nitrogen and oxygen atoms in total. The fourth-order valence-electron chi connectivity index (χ4n) is 1.32. The normalized spacial score (nSPS) is 10.9. The zero-order valence-electron chi connectivity index (χ0n) is 9.41. The van der Waals surface area contributed by atoms with Crippen LogP contribution in [0.25, 0.3) is 0 Å². The van der Waals surface area contributed by atoms with Crippen molar-refractivity contribution >= 4 is 0 Å². The molecule has 1 heterocycles. The smallest absolute Gasteiger partial charge is 0.481 e. The molecule has 1 aromatic heterocycles. The Balaban J connectivity index is 3.30. The molecule has 0 atom stereocenters. The number of halogens is 3. The minimum Gasteiger partial charge on any atom is -0.481 e. The fourth-order valence-corrected chi connectivity index (χ4v) is 1.32. The molecule has 0 aliphatic heterocycles. The molecule has 0 radical (unpaired) electrons. The zero-order valence-corrected chi connectivity index (χ0v) is 9.41. The first-order chi connectivity index (χ1) is 8.41. The molecule has 0 bridgehead atoms. The van der Waals surface area contributed by atoms with E-state index < -0.39 is 12.2 Å². The summed E-state index contributed by atoms with van der Waals surface area (Å²) in [6, 6.07) is 3.11. The minimum absolute atomic E-state index is 0.0122. The van der Waals surface area contributed by atoms with Crippen molar-refractivity contribution in [2.75, 3.05) is 7.11 Å². The number of nitrogens with zero attached hydrogens (tertiary/aromatic N) is 2. The van der Waals surface area contributed by atoms with E-state index in [4.69, 9.17) is 15.7 Å². The van der Waals surface area contributed by atoms with Crippen LogP contribution in [0.2, 0.25) is 0 Å². The summed E-state index contributed by atoms with van der Waals surface area (Å²) < 4.78 is 45.2. The first-order valence-corrected chi connectivity index (χ1v) is 4.80. The van der Waals surface area contributed by atoms with Crippen molar-refractivity contribution in [3.05, 3.63) is 17.2 Å². The highest BCUT2D eigenvalue weighted by molar-refractivity contribution is 5.40. The maximum absolute atomic E-state index is 12.2. The van der Waals surface area contributed by atoms with Gasteiger partial charge in [-0.05, 0) is 5.56 Å². The summed E-state index contributed by atoms with van der Waals surface area (Å²) in [6.45, 7) is -0.0515. The van der Waals surface area contributed by atoms with Gasteiger partial charge < -0.3 is 15.2 Å². The van der Waals surface area contributed by atoms with E-state index in [2.05, 4.69) is 9.72 Å². The Kier molecular flexibility index (Phi) is 4.33. The van der Waals surface area contributed by atoms with Crippen LogP contribution in [0.4, 0.5) is 13.2 Å². The number of pyridine rings is 1. The lowest BCUT2D eigenvalue weighted by atomic mass is 10.1. The Hall–Kier alpha value is -2.01. The third kappa shape index (κ3) is 3.49. The van der Waals surface area contributed by atoms with E-state index in [-0.39, 0.29) is 24.4 Å². The molecule has 1 aromatic rings. The predicted molar refractivity (Wildman–Crippen MR) is 54.7 cm³/mol. The van der Waals surface area contributed by atoms with Crippen LogP contribution in [0.15, 0.2) is 6.07 Å². The third-order valence-corrected chi connectivity index (χ3v) is 2.05. The van der Waals surface area contributed by atoms with Gasteiger partial charge in [-0.25, -0.2) is 0 Å². The van der Waals surface area contributed by atoms with Gasteiger partial charge in [-0.15, -0.1) is 13.2 Å². The van der Waals surface area contributed by atoms with Gasteiger partial charge in [-0.3, -0.25) is 0 Å². The molecule has 1 rings (SSSR count). The Labute approximate surface area is 101 Å². The molecule has 0 aliphatic rings. The molecule has 0 spiro atoms. The summed E-state index contributed by atoms with van der Waals surface area (Å²) in [5, 5.41) is 8.60. The lowest BCUT2D eigenvalue weighted by molar-refractivity contribution is -0.276. The van der Waals surface area contributed by atoms with Gasteiger partial charge in [0.05, 0.1) is 19.6 Å². The van der Waals surface area contributed by atoms with Crippen LogP contribution in [0, 0.1) is 11.3 Å². The fraction of sp³-hybridized carbons (Fsp3) is 0.400. The molecule has 0 amide bonds. The average Bonchev–Trinajstić information content (AvgIpc) is 2.29. The van der Waals surface area contributed by atoms with Gasteiger partial charge in [0.15, 0.2) is 0 Å². The Morgan fingerprint density at radius 2 is 2.17 bits per heavy atom. The Morgan fingerprint density at radius 3 is 2.61 bits per heavy atom. The predicted octanol–water partition coefficient (Wildman–Crippen LogP) is 1.51. The molecular formula is C10H10F3N3O2. The standard InChI is InChI=1S/C10H10F3N3O2/c1-17-8-4-6(5-15)7(2-3-14)9(16-8)18-10(11,12)13/h4H,2,5,15H2,1H3. The van der Waals surface area contributed by atoms with Crippen LogP contribution >= 0.6 is 0 Å². The van der Waals surface area contributed by atoms with E-state index in [0.717, 1.165) is 0 Å². The molecule has 18 heavy (non-hydrogen) atoms. The zero-order chi connectivity index (χ0) is 13.8. The molecule has 0 aliphatic carbocycles. The summed E-state index contributed by atoms with van der Waals surface area (Å²) in [5.41, 5.74) is 5.74. The van der Waals surface area contributed by atoms with Crippen molar-refractivity contribution in [2.24, 2.45) is 5.73 Å². The maximum Gasteiger partial charge on any atom is 0.574 e. The van der Waals surface area contributed by atoms with E-state index in [0.29, 0.717) is 5.56 Å². The summed E-state index contributed by atoms with van der Waals surface area (Å²) in [7, 11) is 1.25. The highest BCUT2D eigenvalue weighted by Gasteiger charge is 2.33. The number of alkyl halides is 3. The summed E-state index contributed by atoms with van der Waals surface area (Å²) in [4.78, 5) is 3.53. The van der Waals surface area contributed by atoms with Gasteiger partial charge >= 0.3 is 6.36 Å². The first-order valence-electron chi connectivity index (χ1n) is 4.80. The van der Waals surface area contributed by atoms with Crippen LogP contribution < -0.4 is 15.2 Å². The van der Waals surface area contributed by atoms with Gasteiger partial charge in [0, 0.05) is 18.2 Å². The van der Waals surface area contributed by atoms with Crippen LogP contribution in [0.5, 0.6) is 11.8 Å². The molecule has 0 fully saturated rings. The van der Waals surface area contributed by atoms with Crippen LogP contribution in [0.3, 0.4) is 0 Å². The lowest BCUT2D eigenvalue weighted by Crippen LogP contribution is -2.20. The largest absolute Gasteiger partial charge is 0.574 e. The van der Waals surface area contributed by atoms with Crippen molar-refractivity contribution in [3.63, 3.8) is 0 Å². The second kappa shape index (κ2) is 5.55. The maximum atomic E-state index is 12.2. The van der Waals surface area contributed by atoms with Crippen molar-refractivity contribution in [3.8, 4) is 17.8 Å². The number of ether oxygens (including phenoxy) is 2. The van der Waals surface area contributed by atoms with Crippen molar-refractivity contribution in [1.82, 2.24) is 4.98 Å². The highest BCUT2D eigenvalue weighted by atomic mass is 19.4. The number of nitriles is 1. The van der Waals surface area contributed by atoms with Crippen LogP contribution in [0.1, 0.15) is 11.1 Å². The van der Waals surface area contributed by atoms with E-state index in [1.54, 1.807) is 6.07 Å². The molecule has 0 saturated heterocycles. The second-order valence-corrected chi connectivity index (χ2v) is 3.19. The topological polar surface area (TPSA) is 81.2 Å². The van der Waals surface area contributed by atoms with Gasteiger partial charge in [0.25, 0.3) is 0 Å². The Morgan fingerprint density at radius 1 is 1.50 bits per heavy atom. The van der Waals surface area contributed by atoms with E-state index in [1.807, 2.05) is 0 Å². The summed E-state index contributed by atoms with van der Waals surface area (Å²) in [6.07, 6.45) is -5.18. The average molecular weight is 261 g/mol. The van der Waals surface area contributed by atoms with Gasteiger partial charge in [0.2, 0.25) is 11.8 Å². The first kappa shape index (κ1) is 14.1. The molecule has 0 unspecified atom stereocenters. The summed E-state index contributed by atoms with van der Waals surface area (Å²) >= 11 is 0.